The third-order valence-corrected chi connectivity index (χ3v) is 6.00. The highest BCUT2D eigenvalue weighted by Crippen LogP contribution is 2.32. The predicted octanol–water partition coefficient (Wildman–Crippen LogP) is 6.01. The first-order valence-corrected chi connectivity index (χ1v) is 9.03. The van der Waals surface area contributed by atoms with Crippen LogP contribution in [0.15, 0.2) is 47.6 Å². The molecule has 126 valence electrons. The molecule has 0 saturated heterocycles. The van der Waals surface area contributed by atoms with Crippen LogP contribution in [0.4, 0.5) is 5.69 Å². The monoisotopic (exact) mass is 417 g/mol. The molecule has 8 heteroatoms. The molecule has 0 atom stereocenters. The van der Waals surface area contributed by atoms with Crippen molar-refractivity contribution in [3.8, 4) is 0 Å². The van der Waals surface area contributed by atoms with Gasteiger partial charge in [-0.25, -0.2) is 4.98 Å². The number of para-hydroxylation sites is 1. The Morgan fingerprint density at radius 1 is 1.21 bits per heavy atom. The zero-order valence-corrected chi connectivity index (χ0v) is 16.4. The Labute approximate surface area is 165 Å². The van der Waals surface area contributed by atoms with E-state index in [1.54, 1.807) is 29.3 Å². The van der Waals surface area contributed by atoms with E-state index in [4.69, 9.17) is 11.6 Å². The lowest BCUT2D eigenvalue weighted by molar-refractivity contribution is 1.06. The van der Waals surface area contributed by atoms with Gasteiger partial charge in [-0.15, -0.1) is 36.2 Å². The first-order chi connectivity index (χ1) is 10.8. The molecule has 3 heterocycles. The van der Waals surface area contributed by atoms with Gasteiger partial charge in [-0.1, -0.05) is 41.6 Å². The summed E-state index contributed by atoms with van der Waals surface area (Å²) < 4.78 is 1.18. The zero-order valence-electron chi connectivity index (χ0n) is 12.4. The molecule has 4 rings (SSSR count). The summed E-state index contributed by atoms with van der Waals surface area (Å²) in [5.74, 6) is 0.879. The number of benzene rings is 1. The number of nitrogens with zero attached hydrogens (tertiary/aromatic N) is 2. The Balaban J connectivity index is 0.00000104. The molecule has 0 saturated carbocycles. The van der Waals surface area contributed by atoms with Crippen LogP contribution in [0.25, 0.3) is 10.1 Å². The molecule has 0 unspecified atom stereocenters. The van der Waals surface area contributed by atoms with Gasteiger partial charge in [0.15, 0.2) is 5.17 Å². The van der Waals surface area contributed by atoms with Crippen LogP contribution >= 0.6 is 59.5 Å². The van der Waals surface area contributed by atoms with Crippen LogP contribution in [0.3, 0.4) is 0 Å². The molecule has 0 bridgehead atoms. The van der Waals surface area contributed by atoms with E-state index in [0.29, 0.717) is 5.15 Å². The van der Waals surface area contributed by atoms with Crippen molar-refractivity contribution in [2.45, 2.75) is 12.3 Å². The van der Waals surface area contributed by atoms with Gasteiger partial charge in [0.1, 0.15) is 5.15 Å². The molecular weight excluding hydrogens is 405 g/mol. The van der Waals surface area contributed by atoms with Crippen LogP contribution in [0.2, 0.25) is 5.15 Å². The van der Waals surface area contributed by atoms with E-state index in [1.807, 2.05) is 18.2 Å². The molecule has 1 aromatic carbocycles. The number of aromatic nitrogens is 1. The molecule has 1 N–H and O–H groups in total. The second-order valence-corrected chi connectivity index (χ2v) is 7.41. The van der Waals surface area contributed by atoms with E-state index in [2.05, 4.69) is 33.5 Å². The van der Waals surface area contributed by atoms with Crippen LogP contribution in [0.5, 0.6) is 0 Å². The standard InChI is InChI=1S/C16H12ClN3S2.2ClH/c17-15-12-7-11(22-14(12)5-6-18-15)9-21-16-19-8-10-3-1-2-4-13(10)20-16;;/h1-7H,8-9H2,(H,19,20);2*1H. The zero-order chi connectivity index (χ0) is 14.9. The molecule has 1 aliphatic rings. The summed E-state index contributed by atoms with van der Waals surface area (Å²) >= 11 is 9.61. The summed E-state index contributed by atoms with van der Waals surface area (Å²) in [6.45, 7) is 0.744. The number of nitrogens with one attached hydrogen (secondary N) is 1. The van der Waals surface area contributed by atoms with E-state index in [9.17, 15) is 0 Å². The number of rotatable bonds is 2. The number of hydrogen-bond acceptors (Lipinski definition) is 5. The fraction of sp³-hybridized carbons (Fsp3) is 0.125. The lowest BCUT2D eigenvalue weighted by Gasteiger charge is -2.17. The molecule has 1 aliphatic heterocycles. The van der Waals surface area contributed by atoms with Crippen LogP contribution < -0.4 is 5.32 Å². The van der Waals surface area contributed by atoms with Gasteiger partial charge in [0.05, 0.1) is 6.54 Å². The molecule has 0 fully saturated rings. The molecule has 3 nitrogen and oxygen atoms in total. The quantitative estimate of drug-likeness (QED) is 0.518. The largest absolute Gasteiger partial charge is 0.335 e. The minimum Gasteiger partial charge on any atom is -0.335 e. The number of hydrogen-bond donors (Lipinski definition) is 1. The summed E-state index contributed by atoms with van der Waals surface area (Å²) in [5, 5.41) is 5.98. The SMILES string of the molecule is Cl.Cl.Clc1nccc2sc(CSC3=NCc4ccccc4N3)cc12. The van der Waals surface area contributed by atoms with Crippen molar-refractivity contribution in [3.05, 3.63) is 58.2 Å². The highest BCUT2D eigenvalue weighted by Gasteiger charge is 2.12. The third kappa shape index (κ3) is 3.98. The maximum Gasteiger partial charge on any atom is 0.161 e. The Hall–Kier alpha value is -0.980. The van der Waals surface area contributed by atoms with Crippen molar-refractivity contribution < 1.29 is 0 Å². The Morgan fingerprint density at radius 2 is 2.04 bits per heavy atom. The highest BCUT2D eigenvalue weighted by molar-refractivity contribution is 8.13. The maximum absolute atomic E-state index is 6.13. The fourth-order valence-electron chi connectivity index (χ4n) is 2.37. The van der Waals surface area contributed by atoms with Gasteiger partial charge < -0.3 is 5.32 Å². The van der Waals surface area contributed by atoms with E-state index in [0.717, 1.165) is 28.5 Å². The number of thiophene rings is 1. The topological polar surface area (TPSA) is 37.3 Å². The molecule has 3 aromatic rings. The summed E-state index contributed by atoms with van der Waals surface area (Å²) in [7, 11) is 0. The Bertz CT molecular complexity index is 880. The molecule has 0 spiro atoms. The maximum atomic E-state index is 6.13. The number of anilines is 1. The van der Waals surface area contributed by atoms with Crippen molar-refractivity contribution in [1.82, 2.24) is 4.98 Å². The average molecular weight is 419 g/mol. The van der Waals surface area contributed by atoms with Crippen LogP contribution in [0, 0.1) is 0 Å². The van der Waals surface area contributed by atoms with E-state index in [1.165, 1.54) is 15.1 Å². The van der Waals surface area contributed by atoms with Gasteiger partial charge in [-0.3, -0.25) is 4.99 Å². The molecule has 24 heavy (non-hydrogen) atoms. The number of pyridine rings is 1. The van der Waals surface area contributed by atoms with Crippen molar-refractivity contribution in [3.63, 3.8) is 0 Å². The van der Waals surface area contributed by atoms with Gasteiger partial charge >= 0.3 is 0 Å². The second kappa shape index (κ2) is 8.41. The van der Waals surface area contributed by atoms with E-state index in [-0.39, 0.29) is 24.8 Å². The predicted molar refractivity (Wildman–Crippen MR) is 112 cm³/mol. The van der Waals surface area contributed by atoms with E-state index < -0.39 is 0 Å². The third-order valence-electron chi connectivity index (χ3n) is 3.45. The summed E-state index contributed by atoms with van der Waals surface area (Å²) in [6.07, 6.45) is 1.75. The summed E-state index contributed by atoms with van der Waals surface area (Å²) in [6, 6.07) is 12.4. The number of amidine groups is 1. The van der Waals surface area contributed by atoms with Gasteiger partial charge in [-0.05, 0) is 23.8 Å². The van der Waals surface area contributed by atoms with Crippen molar-refractivity contribution in [2.75, 3.05) is 5.32 Å². The minimum atomic E-state index is 0. The number of thioether (sulfide) groups is 1. The number of aliphatic imine (C=N–C) groups is 1. The first kappa shape index (κ1) is 19.3. The lowest BCUT2D eigenvalue weighted by Crippen LogP contribution is -2.14. The van der Waals surface area contributed by atoms with Crippen molar-refractivity contribution in [2.24, 2.45) is 4.99 Å². The van der Waals surface area contributed by atoms with Crippen molar-refractivity contribution in [1.29, 1.82) is 0 Å². The van der Waals surface area contributed by atoms with Gasteiger partial charge in [-0.2, -0.15) is 0 Å². The molecule has 0 amide bonds. The normalized spacial score (nSPS) is 12.5. The molecular formula is C16H14Cl3N3S2. The Morgan fingerprint density at radius 3 is 2.88 bits per heavy atom. The van der Waals surface area contributed by atoms with Crippen molar-refractivity contribution >= 4 is 80.5 Å². The molecule has 2 aromatic heterocycles. The van der Waals surface area contributed by atoms with E-state index >= 15 is 0 Å². The lowest BCUT2D eigenvalue weighted by atomic mass is 10.1. The van der Waals surface area contributed by atoms with Gasteiger partial charge in [0.2, 0.25) is 0 Å². The molecule has 0 radical (unpaired) electrons. The average Bonchev–Trinajstić information content (AvgIpc) is 2.97. The van der Waals surface area contributed by atoms with Crippen LogP contribution in [0.1, 0.15) is 10.4 Å². The first-order valence-electron chi connectivity index (χ1n) is 6.85. The van der Waals surface area contributed by atoms with Crippen LogP contribution in [-0.2, 0) is 12.3 Å². The number of halogens is 3. The Kier molecular flexibility index (Phi) is 6.78. The highest BCUT2D eigenvalue weighted by atomic mass is 35.5. The summed E-state index contributed by atoms with van der Waals surface area (Å²) in [5.41, 5.74) is 2.40. The minimum absolute atomic E-state index is 0. The smallest absolute Gasteiger partial charge is 0.161 e. The van der Waals surface area contributed by atoms with Gasteiger partial charge in [0, 0.05) is 32.6 Å². The number of fused-ring (bicyclic) bond motifs is 2. The fourth-order valence-corrected chi connectivity index (χ4v) is 4.60. The van der Waals surface area contributed by atoms with Crippen LogP contribution in [-0.4, -0.2) is 10.2 Å². The van der Waals surface area contributed by atoms with Gasteiger partial charge in [0.25, 0.3) is 0 Å². The summed E-state index contributed by atoms with van der Waals surface area (Å²) in [4.78, 5) is 9.99. The second-order valence-electron chi connectivity index (χ2n) is 4.92. The molecule has 0 aliphatic carbocycles.